The fraction of sp³-hybridized carbons (Fsp3) is 0.476. The van der Waals surface area contributed by atoms with Gasteiger partial charge in [0.05, 0.1) is 25.0 Å². The minimum Gasteiger partial charge on any atom is -0.465 e. The van der Waals surface area contributed by atoms with Gasteiger partial charge in [0, 0.05) is 19.0 Å². The van der Waals surface area contributed by atoms with Crippen LogP contribution in [0.4, 0.5) is 4.79 Å². The second-order valence-electron chi connectivity index (χ2n) is 7.41. The summed E-state index contributed by atoms with van der Waals surface area (Å²) in [6.45, 7) is 1.53. The molecule has 148 valence electrons. The highest BCUT2D eigenvalue weighted by atomic mass is 16.6. The van der Waals surface area contributed by atoms with E-state index in [2.05, 4.69) is 5.10 Å². The van der Waals surface area contributed by atoms with Gasteiger partial charge in [0.1, 0.15) is 12.2 Å². The number of hydrogen-bond acceptors (Lipinski definition) is 5. The molecular weight excluding hydrogens is 358 g/mol. The van der Waals surface area contributed by atoms with Gasteiger partial charge in [-0.05, 0) is 31.2 Å². The number of amides is 1. The van der Waals surface area contributed by atoms with Gasteiger partial charge >= 0.3 is 12.1 Å². The number of rotatable bonds is 5. The number of piperidine rings is 1. The number of hydrogen-bond donors (Lipinski definition) is 0. The van der Waals surface area contributed by atoms with E-state index in [9.17, 15) is 9.59 Å². The Morgan fingerprint density at radius 1 is 1.11 bits per heavy atom. The van der Waals surface area contributed by atoms with Gasteiger partial charge in [0.2, 0.25) is 0 Å². The number of methoxy groups -OCH3 is 1. The summed E-state index contributed by atoms with van der Waals surface area (Å²) in [6, 6.07) is 9.86. The molecule has 1 aliphatic heterocycles. The molecule has 4 rings (SSSR count). The Kier molecular flexibility index (Phi) is 5.32. The van der Waals surface area contributed by atoms with Crippen molar-refractivity contribution in [3.8, 4) is 0 Å². The van der Waals surface area contributed by atoms with Crippen molar-refractivity contribution in [2.75, 3.05) is 20.2 Å². The van der Waals surface area contributed by atoms with Crippen LogP contribution in [-0.2, 0) is 16.1 Å². The lowest BCUT2D eigenvalue weighted by Crippen LogP contribution is -2.39. The van der Waals surface area contributed by atoms with Gasteiger partial charge in [-0.3, -0.25) is 4.68 Å². The summed E-state index contributed by atoms with van der Waals surface area (Å²) in [7, 11) is 1.40. The van der Waals surface area contributed by atoms with Crippen LogP contribution in [0, 0.1) is 0 Å². The molecular formula is C21H25N3O4. The summed E-state index contributed by atoms with van der Waals surface area (Å²) < 4.78 is 12.3. The van der Waals surface area contributed by atoms with Crippen molar-refractivity contribution in [1.82, 2.24) is 14.7 Å². The molecule has 1 saturated carbocycles. The molecule has 0 atom stereocenters. The molecule has 1 saturated heterocycles. The Labute approximate surface area is 164 Å². The number of carbonyl (C=O) groups excluding carboxylic acids is 2. The lowest BCUT2D eigenvalue weighted by Gasteiger charge is -2.32. The average Bonchev–Trinajstić information content (AvgIpc) is 3.50. The standard InChI is InChI=1S/C21H25N3O4/c1-27-20(25)18-13-22-24(19(18)16-7-8-16)17-9-11-23(12-10-17)21(26)28-14-15-5-3-2-4-6-15/h2-6,13,16-17H,7-12,14H2,1H3. The third-order valence-electron chi connectivity index (χ3n) is 5.48. The molecule has 1 aromatic carbocycles. The van der Waals surface area contributed by atoms with E-state index in [1.807, 2.05) is 35.0 Å². The van der Waals surface area contributed by atoms with E-state index in [0.29, 0.717) is 24.6 Å². The minimum absolute atomic E-state index is 0.187. The van der Waals surface area contributed by atoms with Crippen LogP contribution in [-0.4, -0.2) is 46.9 Å². The Bertz CT molecular complexity index is 837. The lowest BCUT2D eigenvalue weighted by molar-refractivity contribution is 0.0599. The van der Waals surface area contributed by atoms with Crippen LogP contribution in [0.3, 0.4) is 0 Å². The van der Waals surface area contributed by atoms with Crippen molar-refractivity contribution >= 4 is 12.1 Å². The third kappa shape index (κ3) is 3.88. The van der Waals surface area contributed by atoms with E-state index in [0.717, 1.165) is 36.9 Å². The number of esters is 1. The van der Waals surface area contributed by atoms with E-state index in [4.69, 9.17) is 9.47 Å². The van der Waals surface area contributed by atoms with Crippen molar-refractivity contribution in [3.05, 3.63) is 53.3 Å². The topological polar surface area (TPSA) is 73.7 Å². The zero-order valence-corrected chi connectivity index (χ0v) is 16.0. The molecule has 1 aromatic heterocycles. The highest BCUT2D eigenvalue weighted by molar-refractivity contribution is 5.90. The van der Waals surface area contributed by atoms with Crippen LogP contribution >= 0.6 is 0 Å². The average molecular weight is 383 g/mol. The summed E-state index contributed by atoms with van der Waals surface area (Å²) in [4.78, 5) is 26.2. The number of aromatic nitrogens is 2. The number of ether oxygens (including phenoxy) is 2. The van der Waals surface area contributed by atoms with Gasteiger partial charge in [-0.15, -0.1) is 0 Å². The second kappa shape index (κ2) is 8.04. The molecule has 0 N–H and O–H groups in total. The zero-order valence-electron chi connectivity index (χ0n) is 16.0. The van der Waals surface area contributed by atoms with Gasteiger partial charge in [-0.1, -0.05) is 30.3 Å². The molecule has 2 aromatic rings. The Morgan fingerprint density at radius 2 is 1.82 bits per heavy atom. The van der Waals surface area contributed by atoms with Crippen molar-refractivity contribution < 1.29 is 19.1 Å². The van der Waals surface area contributed by atoms with Crippen LogP contribution in [0.5, 0.6) is 0 Å². The number of nitrogens with zero attached hydrogens (tertiary/aromatic N) is 3. The highest BCUT2D eigenvalue weighted by Crippen LogP contribution is 2.43. The summed E-state index contributed by atoms with van der Waals surface area (Å²) in [5.74, 6) is 0.0699. The molecule has 0 bridgehead atoms. The number of benzene rings is 1. The van der Waals surface area contributed by atoms with Gasteiger partial charge in [0.15, 0.2) is 0 Å². The van der Waals surface area contributed by atoms with E-state index in [1.54, 1.807) is 11.1 Å². The van der Waals surface area contributed by atoms with E-state index < -0.39 is 0 Å². The predicted molar refractivity (Wildman–Crippen MR) is 102 cm³/mol. The molecule has 1 amide bonds. The highest BCUT2D eigenvalue weighted by Gasteiger charge is 2.36. The first-order valence-corrected chi connectivity index (χ1v) is 9.78. The minimum atomic E-state index is -0.324. The van der Waals surface area contributed by atoms with Crippen molar-refractivity contribution in [1.29, 1.82) is 0 Å². The van der Waals surface area contributed by atoms with Gasteiger partial charge < -0.3 is 14.4 Å². The first-order valence-electron chi connectivity index (χ1n) is 9.78. The Morgan fingerprint density at radius 3 is 2.46 bits per heavy atom. The van der Waals surface area contributed by atoms with Crippen LogP contribution in [0.1, 0.15) is 59.3 Å². The summed E-state index contributed by atoms with van der Waals surface area (Å²) in [5, 5.41) is 4.50. The molecule has 7 heteroatoms. The molecule has 7 nitrogen and oxygen atoms in total. The van der Waals surface area contributed by atoms with Gasteiger partial charge in [-0.25, -0.2) is 9.59 Å². The quantitative estimate of drug-likeness (QED) is 0.739. The third-order valence-corrected chi connectivity index (χ3v) is 5.48. The Balaban J connectivity index is 1.36. The maximum absolute atomic E-state index is 12.4. The normalized spacial score (nSPS) is 17.4. The van der Waals surface area contributed by atoms with E-state index in [-0.39, 0.29) is 24.7 Å². The molecule has 2 aliphatic rings. The van der Waals surface area contributed by atoms with Crippen molar-refractivity contribution in [2.24, 2.45) is 0 Å². The van der Waals surface area contributed by atoms with Crippen LogP contribution in [0.25, 0.3) is 0 Å². The fourth-order valence-corrected chi connectivity index (χ4v) is 3.80. The molecule has 2 heterocycles. The fourth-order valence-electron chi connectivity index (χ4n) is 3.80. The number of carbonyl (C=O) groups is 2. The van der Waals surface area contributed by atoms with Crippen LogP contribution in [0.15, 0.2) is 36.5 Å². The summed E-state index contributed by atoms with van der Waals surface area (Å²) in [5.41, 5.74) is 2.55. The monoisotopic (exact) mass is 383 g/mol. The van der Waals surface area contributed by atoms with E-state index in [1.165, 1.54) is 7.11 Å². The first-order chi connectivity index (χ1) is 13.7. The number of likely N-dealkylation sites (tertiary alicyclic amines) is 1. The van der Waals surface area contributed by atoms with E-state index >= 15 is 0 Å². The second-order valence-corrected chi connectivity index (χ2v) is 7.41. The van der Waals surface area contributed by atoms with Crippen molar-refractivity contribution in [3.63, 3.8) is 0 Å². The molecule has 0 spiro atoms. The maximum atomic E-state index is 12.4. The van der Waals surface area contributed by atoms with Gasteiger partial charge in [0.25, 0.3) is 0 Å². The smallest absolute Gasteiger partial charge is 0.410 e. The summed E-state index contributed by atoms with van der Waals surface area (Å²) in [6.07, 6.45) is 5.10. The molecule has 28 heavy (non-hydrogen) atoms. The predicted octanol–water partition coefficient (Wildman–Crippen LogP) is 3.52. The van der Waals surface area contributed by atoms with Gasteiger partial charge in [-0.2, -0.15) is 5.10 Å². The lowest BCUT2D eigenvalue weighted by atomic mass is 10.0. The largest absolute Gasteiger partial charge is 0.465 e. The SMILES string of the molecule is COC(=O)c1cnn(C2CCN(C(=O)OCc3ccccc3)CC2)c1C1CC1. The Hall–Kier alpha value is -2.83. The summed E-state index contributed by atoms with van der Waals surface area (Å²) >= 11 is 0. The van der Waals surface area contributed by atoms with Crippen LogP contribution in [0.2, 0.25) is 0 Å². The van der Waals surface area contributed by atoms with Crippen LogP contribution < -0.4 is 0 Å². The first kappa shape index (κ1) is 18.5. The van der Waals surface area contributed by atoms with Crippen molar-refractivity contribution in [2.45, 2.75) is 44.2 Å². The molecule has 2 fully saturated rings. The zero-order chi connectivity index (χ0) is 19.5. The molecule has 1 aliphatic carbocycles. The molecule has 0 unspecified atom stereocenters. The maximum Gasteiger partial charge on any atom is 0.410 e. The molecule has 0 radical (unpaired) electrons.